The highest BCUT2D eigenvalue weighted by Gasteiger charge is 2.29. The lowest BCUT2D eigenvalue weighted by atomic mass is 10.0. The van der Waals surface area contributed by atoms with Gasteiger partial charge in [-0.25, -0.2) is 0 Å². The van der Waals surface area contributed by atoms with Crippen molar-refractivity contribution in [3.63, 3.8) is 0 Å². The minimum atomic E-state index is -0.317. The predicted octanol–water partition coefficient (Wildman–Crippen LogP) is 0.641. The van der Waals surface area contributed by atoms with Crippen LogP contribution in [-0.4, -0.2) is 48.3 Å². The highest BCUT2D eigenvalue weighted by molar-refractivity contribution is 5.76. The molecule has 0 bridgehead atoms. The lowest BCUT2D eigenvalue weighted by Crippen LogP contribution is -2.32. The second kappa shape index (κ2) is 5.47. The summed E-state index contributed by atoms with van der Waals surface area (Å²) in [6.07, 6.45) is 0.999. The summed E-state index contributed by atoms with van der Waals surface area (Å²) in [4.78, 5) is 13.6. The molecule has 0 aromatic rings. The molecule has 1 rings (SSSR count). The Balaban J connectivity index is 2.36. The number of ether oxygens (including phenoxy) is 1. The summed E-state index contributed by atoms with van der Waals surface area (Å²) in [6.45, 7) is 5.13. The lowest BCUT2D eigenvalue weighted by molar-refractivity contribution is -0.132. The number of aliphatic hydroxyl groups is 1. The van der Waals surface area contributed by atoms with Crippen LogP contribution in [0.4, 0.5) is 0 Å². The Morgan fingerprint density at radius 3 is 2.73 bits per heavy atom. The number of carbonyl (C=O) groups excluding carboxylic acids is 1. The molecular formula is C11H21NO3. The first-order valence-corrected chi connectivity index (χ1v) is 5.53. The Morgan fingerprint density at radius 2 is 2.27 bits per heavy atom. The largest absolute Gasteiger partial charge is 0.393 e. The molecule has 0 spiro atoms. The summed E-state index contributed by atoms with van der Waals surface area (Å²) in [7, 11) is 1.61. The second-order valence-corrected chi connectivity index (χ2v) is 4.38. The average molecular weight is 215 g/mol. The van der Waals surface area contributed by atoms with E-state index in [2.05, 4.69) is 0 Å². The number of hydrogen-bond donors (Lipinski definition) is 1. The summed E-state index contributed by atoms with van der Waals surface area (Å²) < 4.78 is 5.06. The van der Waals surface area contributed by atoms with Gasteiger partial charge in [-0.2, -0.15) is 0 Å². The van der Waals surface area contributed by atoms with Crippen LogP contribution in [0.25, 0.3) is 0 Å². The zero-order chi connectivity index (χ0) is 11.4. The van der Waals surface area contributed by atoms with Crippen LogP contribution >= 0.6 is 0 Å². The molecule has 1 amide bonds. The Hall–Kier alpha value is -0.610. The molecule has 1 saturated heterocycles. The van der Waals surface area contributed by atoms with Crippen LogP contribution < -0.4 is 0 Å². The van der Waals surface area contributed by atoms with Gasteiger partial charge in [0.1, 0.15) is 0 Å². The topological polar surface area (TPSA) is 49.8 Å². The minimum absolute atomic E-state index is 0.0249. The van der Waals surface area contributed by atoms with Gasteiger partial charge >= 0.3 is 0 Å². The molecule has 1 N–H and O–H groups in total. The molecule has 4 heteroatoms. The van der Waals surface area contributed by atoms with Gasteiger partial charge in [-0.15, -0.1) is 0 Å². The molecule has 0 radical (unpaired) electrons. The van der Waals surface area contributed by atoms with Crippen LogP contribution in [0.2, 0.25) is 0 Å². The summed E-state index contributed by atoms with van der Waals surface area (Å²) >= 11 is 0. The smallest absolute Gasteiger partial charge is 0.225 e. The number of amides is 1. The maximum atomic E-state index is 11.7. The van der Waals surface area contributed by atoms with Gasteiger partial charge in [-0.1, -0.05) is 0 Å². The zero-order valence-corrected chi connectivity index (χ0v) is 9.77. The molecule has 3 atom stereocenters. The first kappa shape index (κ1) is 12.5. The van der Waals surface area contributed by atoms with Crippen LogP contribution in [0.15, 0.2) is 0 Å². The number of likely N-dealkylation sites (tertiary alicyclic amines) is 1. The van der Waals surface area contributed by atoms with E-state index < -0.39 is 0 Å². The van der Waals surface area contributed by atoms with Crippen molar-refractivity contribution < 1.29 is 14.6 Å². The molecule has 4 nitrogen and oxygen atoms in total. The van der Waals surface area contributed by atoms with Gasteiger partial charge in [0.05, 0.1) is 18.6 Å². The van der Waals surface area contributed by atoms with Gasteiger partial charge in [-0.3, -0.25) is 4.79 Å². The van der Waals surface area contributed by atoms with Gasteiger partial charge in [0, 0.05) is 26.1 Å². The Kier molecular flexibility index (Phi) is 4.54. The van der Waals surface area contributed by atoms with E-state index in [1.165, 1.54) is 0 Å². The molecule has 0 saturated carbocycles. The molecule has 1 heterocycles. The fraction of sp³-hybridized carbons (Fsp3) is 0.909. The van der Waals surface area contributed by atoms with Crippen molar-refractivity contribution in [2.45, 2.75) is 38.9 Å². The molecule has 1 aliphatic heterocycles. The van der Waals surface area contributed by atoms with Crippen LogP contribution in [0.1, 0.15) is 26.7 Å². The van der Waals surface area contributed by atoms with E-state index >= 15 is 0 Å². The molecule has 15 heavy (non-hydrogen) atoms. The third kappa shape index (κ3) is 3.47. The average Bonchev–Trinajstić information content (AvgIpc) is 2.66. The van der Waals surface area contributed by atoms with Crippen molar-refractivity contribution in [2.24, 2.45) is 5.92 Å². The molecule has 0 aromatic heterocycles. The number of carbonyl (C=O) groups is 1. The number of aliphatic hydroxyl groups excluding tert-OH is 1. The molecule has 88 valence electrons. The normalized spacial score (nSPS) is 25.3. The molecule has 0 aliphatic carbocycles. The number of rotatable bonds is 4. The van der Waals surface area contributed by atoms with E-state index in [0.29, 0.717) is 13.0 Å². The van der Waals surface area contributed by atoms with Gasteiger partial charge in [0.2, 0.25) is 5.91 Å². The number of hydrogen-bond acceptors (Lipinski definition) is 3. The number of nitrogens with zero attached hydrogens (tertiary/aromatic N) is 1. The van der Waals surface area contributed by atoms with Gasteiger partial charge in [0.25, 0.3) is 0 Å². The third-order valence-corrected chi connectivity index (χ3v) is 3.12. The van der Waals surface area contributed by atoms with Crippen molar-refractivity contribution in [3.8, 4) is 0 Å². The highest BCUT2D eigenvalue weighted by atomic mass is 16.5. The first-order valence-electron chi connectivity index (χ1n) is 5.53. The molecular weight excluding hydrogens is 194 g/mol. The fourth-order valence-electron chi connectivity index (χ4n) is 1.87. The van der Waals surface area contributed by atoms with Crippen molar-refractivity contribution in [1.29, 1.82) is 0 Å². The van der Waals surface area contributed by atoms with E-state index in [4.69, 9.17) is 4.74 Å². The van der Waals surface area contributed by atoms with E-state index in [1.807, 2.05) is 11.8 Å². The zero-order valence-electron chi connectivity index (χ0n) is 9.77. The summed E-state index contributed by atoms with van der Waals surface area (Å²) in [5.41, 5.74) is 0. The van der Waals surface area contributed by atoms with E-state index in [9.17, 15) is 9.90 Å². The minimum Gasteiger partial charge on any atom is -0.393 e. The Bertz CT molecular complexity index is 218. The second-order valence-electron chi connectivity index (χ2n) is 4.38. The van der Waals surface area contributed by atoms with Crippen molar-refractivity contribution in [3.05, 3.63) is 0 Å². The molecule has 1 aliphatic rings. The molecule has 3 unspecified atom stereocenters. The van der Waals surface area contributed by atoms with Gasteiger partial charge < -0.3 is 14.7 Å². The van der Waals surface area contributed by atoms with Gasteiger partial charge in [0.15, 0.2) is 0 Å². The third-order valence-electron chi connectivity index (χ3n) is 3.12. The SMILES string of the molecule is COC(C)CC(=O)N1CCC(C(C)O)C1. The maximum Gasteiger partial charge on any atom is 0.225 e. The van der Waals surface area contributed by atoms with Gasteiger partial charge in [-0.05, 0) is 20.3 Å². The van der Waals surface area contributed by atoms with Crippen LogP contribution in [-0.2, 0) is 9.53 Å². The van der Waals surface area contributed by atoms with Crippen molar-refractivity contribution in [1.82, 2.24) is 4.90 Å². The van der Waals surface area contributed by atoms with Crippen LogP contribution in [0.5, 0.6) is 0 Å². The maximum absolute atomic E-state index is 11.7. The first-order chi connectivity index (χ1) is 7.04. The monoisotopic (exact) mass is 215 g/mol. The highest BCUT2D eigenvalue weighted by Crippen LogP contribution is 2.20. The quantitative estimate of drug-likeness (QED) is 0.748. The Labute approximate surface area is 91.2 Å². The summed E-state index contributed by atoms with van der Waals surface area (Å²) in [5, 5.41) is 9.42. The van der Waals surface area contributed by atoms with E-state index in [0.717, 1.165) is 13.0 Å². The number of methoxy groups -OCH3 is 1. The van der Waals surface area contributed by atoms with Crippen molar-refractivity contribution in [2.75, 3.05) is 20.2 Å². The van der Waals surface area contributed by atoms with Crippen LogP contribution in [0.3, 0.4) is 0 Å². The summed E-state index contributed by atoms with van der Waals surface area (Å²) in [5.74, 6) is 0.374. The molecule has 0 aromatic carbocycles. The van der Waals surface area contributed by atoms with Crippen LogP contribution in [0, 0.1) is 5.92 Å². The van der Waals surface area contributed by atoms with E-state index in [-0.39, 0.29) is 24.0 Å². The lowest BCUT2D eigenvalue weighted by Gasteiger charge is -2.19. The summed E-state index contributed by atoms with van der Waals surface area (Å²) in [6, 6.07) is 0. The van der Waals surface area contributed by atoms with E-state index in [1.54, 1.807) is 14.0 Å². The predicted molar refractivity (Wildman–Crippen MR) is 57.5 cm³/mol. The Morgan fingerprint density at radius 1 is 1.60 bits per heavy atom. The molecule has 1 fully saturated rings. The standard InChI is InChI=1S/C11H21NO3/c1-8(15-3)6-11(14)12-5-4-10(7-12)9(2)13/h8-10,13H,4-7H2,1-3H3. The van der Waals surface area contributed by atoms with Crippen molar-refractivity contribution >= 4 is 5.91 Å². The fourth-order valence-corrected chi connectivity index (χ4v) is 1.87.